The molecule has 3 aromatic rings. The lowest BCUT2D eigenvalue weighted by molar-refractivity contribution is -0.113. The molecule has 1 aliphatic heterocycles. The molecule has 1 amide bonds. The Morgan fingerprint density at radius 3 is 2.79 bits per heavy atom. The summed E-state index contributed by atoms with van der Waals surface area (Å²) in [4.78, 5) is 17.9. The molecule has 2 aromatic carbocycles. The maximum absolute atomic E-state index is 13.7. The van der Waals surface area contributed by atoms with Gasteiger partial charge in [0.05, 0.1) is 25.5 Å². The van der Waals surface area contributed by atoms with Gasteiger partial charge in [0.1, 0.15) is 36.2 Å². The van der Waals surface area contributed by atoms with Gasteiger partial charge < -0.3 is 24.8 Å². The summed E-state index contributed by atoms with van der Waals surface area (Å²) in [7, 11) is 3.11. The van der Waals surface area contributed by atoms with Crippen LogP contribution in [-0.4, -0.2) is 41.5 Å². The van der Waals surface area contributed by atoms with Crippen molar-refractivity contribution < 1.29 is 19.0 Å². The first-order valence-corrected chi connectivity index (χ1v) is 10.3. The number of allylic oxidation sites excluding steroid dienone is 1. The maximum atomic E-state index is 13.7. The van der Waals surface area contributed by atoms with E-state index in [0.29, 0.717) is 46.8 Å². The van der Waals surface area contributed by atoms with E-state index in [1.807, 2.05) is 31.2 Å². The van der Waals surface area contributed by atoms with Gasteiger partial charge in [-0.1, -0.05) is 30.9 Å². The molecule has 0 spiro atoms. The van der Waals surface area contributed by atoms with Gasteiger partial charge in [0, 0.05) is 17.3 Å². The Morgan fingerprint density at radius 2 is 2.03 bits per heavy atom. The third-order valence-corrected chi connectivity index (χ3v) is 5.26. The zero-order valence-corrected chi connectivity index (χ0v) is 18.7. The molecule has 170 valence electrons. The molecule has 0 fully saturated rings. The van der Waals surface area contributed by atoms with Crippen LogP contribution >= 0.6 is 0 Å². The Hall–Kier alpha value is -4.27. The lowest BCUT2D eigenvalue weighted by atomic mass is 9.94. The van der Waals surface area contributed by atoms with Crippen molar-refractivity contribution in [2.45, 2.75) is 13.0 Å². The van der Waals surface area contributed by atoms with Crippen molar-refractivity contribution in [3.05, 3.63) is 78.3 Å². The van der Waals surface area contributed by atoms with Crippen LogP contribution in [0.5, 0.6) is 17.2 Å². The number of anilines is 2. The Kier molecular flexibility index (Phi) is 6.30. The van der Waals surface area contributed by atoms with Crippen LogP contribution < -0.4 is 24.8 Å². The number of hydrogen-bond donors (Lipinski definition) is 2. The molecule has 1 aliphatic rings. The molecule has 0 aliphatic carbocycles. The zero-order chi connectivity index (χ0) is 23.4. The van der Waals surface area contributed by atoms with Crippen LogP contribution in [0.4, 0.5) is 11.6 Å². The molecule has 0 saturated heterocycles. The van der Waals surface area contributed by atoms with Crippen molar-refractivity contribution in [3.63, 3.8) is 0 Å². The molecule has 1 atom stereocenters. The predicted octanol–water partition coefficient (Wildman–Crippen LogP) is 3.79. The van der Waals surface area contributed by atoms with Gasteiger partial charge in [0.15, 0.2) is 0 Å². The molecule has 9 nitrogen and oxygen atoms in total. The smallest absolute Gasteiger partial charge is 0.255 e. The Balaban J connectivity index is 1.78. The molecular formula is C24H25N5O4. The fraction of sp³-hybridized carbons (Fsp3) is 0.208. The van der Waals surface area contributed by atoms with Crippen LogP contribution in [0.15, 0.2) is 72.7 Å². The first-order chi connectivity index (χ1) is 16.1. The van der Waals surface area contributed by atoms with Gasteiger partial charge in [-0.05, 0) is 25.1 Å². The highest BCUT2D eigenvalue weighted by molar-refractivity contribution is 6.06. The Morgan fingerprint density at radius 1 is 1.21 bits per heavy atom. The summed E-state index contributed by atoms with van der Waals surface area (Å²) in [6.07, 6.45) is 3.12. The summed E-state index contributed by atoms with van der Waals surface area (Å²) in [5, 5.41) is 10.5. The molecule has 1 aromatic heterocycles. The fourth-order valence-electron chi connectivity index (χ4n) is 3.76. The lowest BCUT2D eigenvalue weighted by Gasteiger charge is -2.29. The lowest BCUT2D eigenvalue weighted by Crippen LogP contribution is -2.31. The minimum atomic E-state index is -0.568. The topological polar surface area (TPSA) is 99.5 Å². The number of para-hydroxylation sites is 1. The Labute approximate surface area is 191 Å². The van der Waals surface area contributed by atoms with Crippen LogP contribution in [0.2, 0.25) is 0 Å². The molecular weight excluding hydrogens is 422 g/mol. The largest absolute Gasteiger partial charge is 0.497 e. The van der Waals surface area contributed by atoms with Crippen molar-refractivity contribution in [3.8, 4) is 17.2 Å². The number of nitrogens with one attached hydrogen (secondary N) is 2. The van der Waals surface area contributed by atoms with Crippen molar-refractivity contribution in [2.24, 2.45) is 0 Å². The van der Waals surface area contributed by atoms with Gasteiger partial charge in [-0.25, -0.2) is 4.68 Å². The van der Waals surface area contributed by atoms with Crippen molar-refractivity contribution >= 4 is 17.5 Å². The maximum Gasteiger partial charge on any atom is 0.255 e. The van der Waals surface area contributed by atoms with Crippen LogP contribution in [0, 0.1) is 0 Å². The minimum absolute atomic E-state index is 0.323. The fourth-order valence-corrected chi connectivity index (χ4v) is 3.76. The van der Waals surface area contributed by atoms with E-state index in [0.717, 1.165) is 5.56 Å². The number of benzene rings is 2. The van der Waals surface area contributed by atoms with E-state index >= 15 is 0 Å². The SMILES string of the molecule is C=CCOc1ccccc1C1C(C(=O)Nc2cc(OC)ccc2OC)=C(C)Nc2ncnn21. The molecule has 2 N–H and O–H groups in total. The molecule has 0 radical (unpaired) electrons. The number of carbonyl (C=O) groups is 1. The summed E-state index contributed by atoms with van der Waals surface area (Å²) in [5.74, 6) is 1.95. The summed E-state index contributed by atoms with van der Waals surface area (Å²) in [6, 6.07) is 12.2. The summed E-state index contributed by atoms with van der Waals surface area (Å²) in [5.41, 5.74) is 2.38. The number of nitrogens with zero attached hydrogens (tertiary/aromatic N) is 3. The van der Waals surface area contributed by atoms with Crippen LogP contribution in [0.25, 0.3) is 0 Å². The number of methoxy groups -OCH3 is 2. The highest BCUT2D eigenvalue weighted by Crippen LogP contribution is 2.39. The second kappa shape index (κ2) is 9.47. The third-order valence-electron chi connectivity index (χ3n) is 5.26. The van der Waals surface area contributed by atoms with Gasteiger partial charge in [-0.2, -0.15) is 10.1 Å². The van der Waals surface area contributed by atoms with E-state index in [1.54, 1.807) is 43.2 Å². The number of aromatic nitrogens is 3. The molecule has 0 bridgehead atoms. The van der Waals surface area contributed by atoms with E-state index in [4.69, 9.17) is 14.2 Å². The number of hydrogen-bond acceptors (Lipinski definition) is 7. The van der Waals surface area contributed by atoms with Crippen LogP contribution in [0.1, 0.15) is 18.5 Å². The molecule has 2 heterocycles. The minimum Gasteiger partial charge on any atom is -0.497 e. The van der Waals surface area contributed by atoms with Crippen molar-refractivity contribution in [1.82, 2.24) is 14.8 Å². The summed E-state index contributed by atoms with van der Waals surface area (Å²) in [6.45, 7) is 5.88. The van der Waals surface area contributed by atoms with Gasteiger partial charge in [-0.3, -0.25) is 4.79 Å². The number of carbonyl (C=O) groups excluding carboxylic acids is 1. The van der Waals surface area contributed by atoms with Gasteiger partial charge in [0.25, 0.3) is 5.91 Å². The molecule has 1 unspecified atom stereocenters. The predicted molar refractivity (Wildman–Crippen MR) is 125 cm³/mol. The van der Waals surface area contributed by atoms with Gasteiger partial charge in [0.2, 0.25) is 5.95 Å². The highest BCUT2D eigenvalue weighted by Gasteiger charge is 2.35. The van der Waals surface area contributed by atoms with Crippen molar-refractivity contribution in [2.75, 3.05) is 31.5 Å². The first kappa shape index (κ1) is 21.9. The van der Waals surface area contributed by atoms with Gasteiger partial charge >= 0.3 is 0 Å². The molecule has 4 rings (SSSR count). The van der Waals surface area contributed by atoms with E-state index in [2.05, 4.69) is 27.3 Å². The number of fused-ring (bicyclic) bond motifs is 1. The van der Waals surface area contributed by atoms with E-state index in [-0.39, 0.29) is 5.91 Å². The van der Waals surface area contributed by atoms with Crippen LogP contribution in [0.3, 0.4) is 0 Å². The highest BCUT2D eigenvalue weighted by atomic mass is 16.5. The zero-order valence-electron chi connectivity index (χ0n) is 18.7. The summed E-state index contributed by atoms with van der Waals surface area (Å²) >= 11 is 0. The van der Waals surface area contributed by atoms with E-state index < -0.39 is 6.04 Å². The third kappa shape index (κ3) is 4.25. The van der Waals surface area contributed by atoms with Crippen molar-refractivity contribution in [1.29, 1.82) is 0 Å². The summed E-state index contributed by atoms with van der Waals surface area (Å²) < 4.78 is 18.3. The van der Waals surface area contributed by atoms with E-state index in [1.165, 1.54) is 6.33 Å². The normalized spacial score (nSPS) is 14.7. The average Bonchev–Trinajstić information content (AvgIpc) is 3.30. The standard InChI is InChI=1S/C24H25N5O4/c1-5-12-33-19-9-7-6-8-17(19)22-21(15(2)27-24-25-14-26-29(22)24)23(30)28-18-13-16(31-3)10-11-20(18)32-4/h5-11,13-14,22H,1,12H2,2-4H3,(H,28,30)(H,25,26,27). The first-order valence-electron chi connectivity index (χ1n) is 10.3. The molecule has 9 heteroatoms. The van der Waals surface area contributed by atoms with Crippen LogP contribution in [-0.2, 0) is 4.79 Å². The Bertz CT molecular complexity index is 1220. The number of rotatable bonds is 8. The quantitative estimate of drug-likeness (QED) is 0.507. The number of ether oxygens (including phenoxy) is 3. The average molecular weight is 447 g/mol. The number of amides is 1. The second-order valence-corrected chi connectivity index (χ2v) is 7.25. The molecule has 0 saturated carbocycles. The second-order valence-electron chi connectivity index (χ2n) is 7.25. The van der Waals surface area contributed by atoms with E-state index in [9.17, 15) is 4.79 Å². The monoisotopic (exact) mass is 447 g/mol. The van der Waals surface area contributed by atoms with Gasteiger partial charge in [-0.15, -0.1) is 0 Å². The molecule has 33 heavy (non-hydrogen) atoms.